The smallest absolute Gasteiger partial charge is 0.475 e. The van der Waals surface area contributed by atoms with Crippen molar-refractivity contribution in [2.24, 2.45) is 5.92 Å². The number of thioether (sulfide) groups is 1. The van der Waals surface area contributed by atoms with E-state index in [9.17, 15) is 13.2 Å². The van der Waals surface area contributed by atoms with E-state index in [1.54, 1.807) is 0 Å². The number of hydrogen-bond donors (Lipinski definition) is 1. The number of ether oxygens (including phenoxy) is 2. The Bertz CT molecular complexity index is 740. The van der Waals surface area contributed by atoms with E-state index in [0.29, 0.717) is 16.8 Å². The van der Waals surface area contributed by atoms with E-state index in [1.165, 1.54) is 25.1 Å². The van der Waals surface area contributed by atoms with Crippen LogP contribution >= 0.6 is 23.4 Å². The van der Waals surface area contributed by atoms with Gasteiger partial charge in [0.05, 0.1) is 6.10 Å². The molecule has 3 heterocycles. The number of carboxylic acids is 1. The van der Waals surface area contributed by atoms with E-state index in [-0.39, 0.29) is 0 Å². The van der Waals surface area contributed by atoms with Gasteiger partial charge in [-0.3, -0.25) is 4.90 Å². The van der Waals surface area contributed by atoms with Gasteiger partial charge in [0, 0.05) is 55.0 Å². The molecule has 31 heavy (non-hydrogen) atoms. The Balaban J connectivity index is 0.000000339. The first kappa shape index (κ1) is 24.6. The lowest BCUT2D eigenvalue weighted by molar-refractivity contribution is -0.192. The van der Waals surface area contributed by atoms with Crippen LogP contribution in [0, 0.1) is 5.92 Å². The van der Waals surface area contributed by atoms with Crippen molar-refractivity contribution in [1.29, 1.82) is 0 Å². The van der Waals surface area contributed by atoms with Gasteiger partial charge in [-0.25, -0.2) is 4.79 Å². The van der Waals surface area contributed by atoms with Gasteiger partial charge < -0.3 is 14.6 Å². The molecular weight excluding hydrogens is 455 g/mol. The van der Waals surface area contributed by atoms with Gasteiger partial charge in [-0.15, -0.1) is 11.8 Å². The number of likely N-dealkylation sites (tertiary alicyclic amines) is 1. The van der Waals surface area contributed by atoms with E-state index in [2.05, 4.69) is 28.8 Å². The molecule has 1 spiro atoms. The zero-order valence-corrected chi connectivity index (χ0v) is 18.6. The molecule has 0 amide bonds. The highest BCUT2D eigenvalue weighted by Gasteiger charge is 2.49. The van der Waals surface area contributed by atoms with E-state index in [4.69, 9.17) is 31.0 Å². The van der Waals surface area contributed by atoms with Gasteiger partial charge in [0.25, 0.3) is 0 Å². The first-order valence-corrected chi connectivity index (χ1v) is 11.6. The lowest BCUT2D eigenvalue weighted by atomic mass is 9.92. The van der Waals surface area contributed by atoms with E-state index >= 15 is 0 Å². The standard InChI is InChI=1S/C19H26ClNO2S.C2HF3O2/c20-18-4-2-1-3-16(18)10-21-13-19(14-21)9-17(12-24-19)23-11-15-5-7-22-8-6-15;3-2(4,5)1(6)7/h1-4,15,17H,5-14H2;(H,6,7). The van der Waals surface area contributed by atoms with Crippen molar-refractivity contribution in [3.8, 4) is 0 Å². The summed E-state index contributed by atoms with van der Waals surface area (Å²) in [5.74, 6) is -0.894. The number of carbonyl (C=O) groups is 1. The molecule has 0 aromatic heterocycles. The largest absolute Gasteiger partial charge is 0.490 e. The lowest BCUT2D eigenvalue weighted by Gasteiger charge is -2.47. The van der Waals surface area contributed by atoms with Crippen LogP contribution in [-0.4, -0.2) is 71.7 Å². The normalized spacial score (nSPS) is 23.8. The van der Waals surface area contributed by atoms with Crippen molar-refractivity contribution in [3.63, 3.8) is 0 Å². The molecule has 1 aromatic rings. The van der Waals surface area contributed by atoms with Crippen LogP contribution in [0.15, 0.2) is 24.3 Å². The molecule has 3 aliphatic rings. The van der Waals surface area contributed by atoms with Crippen LogP contribution in [0.2, 0.25) is 5.02 Å². The van der Waals surface area contributed by atoms with E-state index < -0.39 is 12.1 Å². The fourth-order valence-corrected chi connectivity index (χ4v) is 5.86. The maximum Gasteiger partial charge on any atom is 0.490 e. The third-order valence-corrected chi connectivity index (χ3v) is 7.65. The van der Waals surface area contributed by atoms with Crippen molar-refractivity contribution in [2.45, 2.75) is 42.8 Å². The van der Waals surface area contributed by atoms with Gasteiger partial charge in [-0.2, -0.15) is 13.2 Å². The maximum atomic E-state index is 10.6. The molecule has 3 aliphatic heterocycles. The molecule has 174 valence electrons. The zero-order chi connectivity index (χ0) is 22.5. The van der Waals surface area contributed by atoms with Gasteiger partial charge in [0.2, 0.25) is 0 Å². The molecule has 5 nitrogen and oxygen atoms in total. The number of rotatable bonds is 5. The predicted molar refractivity (Wildman–Crippen MR) is 114 cm³/mol. The number of hydrogen-bond acceptors (Lipinski definition) is 5. The van der Waals surface area contributed by atoms with Gasteiger partial charge in [0.1, 0.15) is 0 Å². The second-order valence-corrected chi connectivity index (χ2v) is 10.1. The third-order valence-electron chi connectivity index (χ3n) is 5.70. The van der Waals surface area contributed by atoms with Crippen LogP contribution in [-0.2, 0) is 20.8 Å². The Morgan fingerprint density at radius 3 is 2.55 bits per heavy atom. The molecule has 1 atom stereocenters. The minimum atomic E-state index is -5.08. The Kier molecular flexibility index (Phi) is 8.54. The second kappa shape index (κ2) is 10.7. The van der Waals surface area contributed by atoms with E-state index in [0.717, 1.165) is 50.0 Å². The molecule has 0 saturated carbocycles. The molecule has 3 fully saturated rings. The number of aliphatic carboxylic acids is 1. The summed E-state index contributed by atoms with van der Waals surface area (Å²) in [4.78, 5) is 11.4. The quantitative estimate of drug-likeness (QED) is 0.669. The first-order valence-electron chi connectivity index (χ1n) is 10.3. The fraction of sp³-hybridized carbons (Fsp3) is 0.667. The number of carboxylic acid groups (broad SMARTS) is 1. The van der Waals surface area contributed by atoms with E-state index in [1.807, 2.05) is 12.1 Å². The topological polar surface area (TPSA) is 59.0 Å². The van der Waals surface area contributed by atoms with Crippen molar-refractivity contribution in [3.05, 3.63) is 34.9 Å². The van der Waals surface area contributed by atoms with Gasteiger partial charge in [0.15, 0.2) is 0 Å². The minimum Gasteiger partial charge on any atom is -0.475 e. The molecule has 1 aromatic carbocycles. The maximum absolute atomic E-state index is 10.6. The molecule has 10 heteroatoms. The molecule has 0 bridgehead atoms. The molecule has 4 rings (SSSR count). The first-order chi connectivity index (χ1) is 14.7. The summed E-state index contributed by atoms with van der Waals surface area (Å²) in [6.07, 6.45) is -1.10. The minimum absolute atomic E-state index is 0.432. The molecule has 1 N–H and O–H groups in total. The van der Waals surface area contributed by atoms with Crippen LogP contribution in [0.3, 0.4) is 0 Å². The summed E-state index contributed by atoms with van der Waals surface area (Å²) in [7, 11) is 0. The highest BCUT2D eigenvalue weighted by Crippen LogP contribution is 2.46. The van der Waals surface area contributed by atoms with Crippen molar-refractivity contribution < 1.29 is 32.5 Å². The van der Waals surface area contributed by atoms with Crippen LogP contribution in [0.1, 0.15) is 24.8 Å². The summed E-state index contributed by atoms with van der Waals surface area (Å²) in [5.41, 5.74) is 1.24. The Labute approximate surface area is 189 Å². The molecule has 0 radical (unpaired) electrons. The number of alkyl halides is 3. The van der Waals surface area contributed by atoms with Crippen molar-refractivity contribution in [2.75, 3.05) is 38.7 Å². The monoisotopic (exact) mass is 481 g/mol. The average molecular weight is 482 g/mol. The second-order valence-electron chi connectivity index (χ2n) is 8.25. The Morgan fingerprint density at radius 2 is 1.94 bits per heavy atom. The molecule has 0 aliphatic carbocycles. The van der Waals surface area contributed by atoms with Crippen LogP contribution < -0.4 is 0 Å². The summed E-state index contributed by atoms with van der Waals surface area (Å²) >= 11 is 8.40. The Morgan fingerprint density at radius 1 is 1.29 bits per heavy atom. The lowest BCUT2D eigenvalue weighted by Crippen LogP contribution is -2.58. The van der Waals surface area contributed by atoms with Crippen LogP contribution in [0.4, 0.5) is 13.2 Å². The summed E-state index contributed by atoms with van der Waals surface area (Å²) in [5, 5.41) is 8.01. The highest BCUT2D eigenvalue weighted by atomic mass is 35.5. The number of halogens is 4. The van der Waals surface area contributed by atoms with Gasteiger partial charge in [-0.1, -0.05) is 29.8 Å². The number of nitrogens with zero attached hydrogens (tertiary/aromatic N) is 1. The van der Waals surface area contributed by atoms with Gasteiger partial charge >= 0.3 is 12.1 Å². The zero-order valence-electron chi connectivity index (χ0n) is 17.1. The SMILES string of the molecule is Clc1ccccc1CN1CC2(CC(OCC3CCOCC3)CS2)C1.O=C(O)C(F)(F)F. The van der Waals surface area contributed by atoms with Crippen LogP contribution in [0.25, 0.3) is 0 Å². The van der Waals surface area contributed by atoms with Crippen molar-refractivity contribution in [1.82, 2.24) is 4.90 Å². The molecule has 3 saturated heterocycles. The average Bonchev–Trinajstić information content (AvgIpc) is 3.13. The molecular formula is C21H27ClF3NO4S. The van der Waals surface area contributed by atoms with Crippen molar-refractivity contribution >= 4 is 29.3 Å². The van der Waals surface area contributed by atoms with Gasteiger partial charge in [-0.05, 0) is 36.8 Å². The summed E-state index contributed by atoms with van der Waals surface area (Å²) in [6, 6.07) is 8.18. The molecule has 1 unspecified atom stereocenters. The van der Waals surface area contributed by atoms with Crippen LogP contribution in [0.5, 0.6) is 0 Å². The fourth-order valence-electron chi connectivity index (χ4n) is 4.06. The Hall–Kier alpha value is -1.00. The summed E-state index contributed by atoms with van der Waals surface area (Å²) in [6.45, 7) is 6.05. The third kappa shape index (κ3) is 7.25. The highest BCUT2D eigenvalue weighted by molar-refractivity contribution is 8.01. The number of benzene rings is 1. The predicted octanol–water partition coefficient (Wildman–Crippen LogP) is 4.48. The summed E-state index contributed by atoms with van der Waals surface area (Å²) < 4.78 is 43.8.